The Balaban J connectivity index is 1.13. The number of fused-ring (bicyclic) bond motifs is 3. The number of hydrogen-bond acceptors (Lipinski definition) is 6. The number of carbonyl (C=O) groups excluding carboxylic acids is 1. The van der Waals surface area contributed by atoms with E-state index in [1.807, 2.05) is 28.4 Å². The van der Waals surface area contributed by atoms with Crippen molar-refractivity contribution in [3.63, 3.8) is 0 Å². The Bertz CT molecular complexity index is 2080. The fourth-order valence-electron chi connectivity index (χ4n) is 10.4. The summed E-state index contributed by atoms with van der Waals surface area (Å²) in [6, 6.07) is 7.12. The number of nitrogens with zero attached hydrogens (tertiary/aromatic N) is 5. The van der Waals surface area contributed by atoms with E-state index in [1.165, 1.54) is 0 Å². The molecular formula is C41H47F5N6O4. The number of rotatable bonds is 8. The highest BCUT2D eigenvalue weighted by Crippen LogP contribution is 2.51. The molecule has 1 aromatic carbocycles. The molecule has 4 saturated carbocycles. The lowest BCUT2D eigenvalue weighted by atomic mass is 9.56. The molecule has 2 bridgehead atoms. The van der Waals surface area contributed by atoms with Gasteiger partial charge in [0.2, 0.25) is 5.92 Å². The molecule has 5 atom stereocenters. The van der Waals surface area contributed by atoms with E-state index in [1.54, 1.807) is 37.5 Å². The fourth-order valence-corrected chi connectivity index (χ4v) is 10.4. The van der Waals surface area contributed by atoms with Crippen LogP contribution < -0.4 is 10.1 Å². The van der Waals surface area contributed by atoms with Crippen molar-refractivity contribution in [3.8, 4) is 17.1 Å². The average Bonchev–Trinajstić information content (AvgIpc) is 3.82. The van der Waals surface area contributed by atoms with Crippen molar-refractivity contribution in [2.75, 3.05) is 0 Å². The zero-order valence-electron chi connectivity index (χ0n) is 31.4. The van der Waals surface area contributed by atoms with Crippen molar-refractivity contribution >= 4 is 22.8 Å². The van der Waals surface area contributed by atoms with Crippen LogP contribution in [0.25, 0.3) is 22.3 Å². The van der Waals surface area contributed by atoms with Crippen LogP contribution in [-0.4, -0.2) is 58.9 Å². The van der Waals surface area contributed by atoms with Crippen molar-refractivity contribution in [2.24, 2.45) is 23.7 Å². The first-order chi connectivity index (χ1) is 26.6. The van der Waals surface area contributed by atoms with Crippen LogP contribution in [0, 0.1) is 23.7 Å². The lowest BCUT2D eigenvalue weighted by Gasteiger charge is -2.52. The van der Waals surface area contributed by atoms with E-state index in [-0.39, 0.29) is 67.1 Å². The fraction of sp³-hybridized carbons (Fsp3) is 0.585. The van der Waals surface area contributed by atoms with Crippen LogP contribution in [-0.2, 0) is 11.0 Å². The quantitative estimate of drug-likeness (QED) is 0.171. The highest BCUT2D eigenvalue weighted by Gasteiger charge is 2.57. The van der Waals surface area contributed by atoms with Gasteiger partial charge in [0, 0.05) is 60.1 Å². The minimum Gasteiger partial charge on any atom is -0.490 e. The molecule has 4 fully saturated rings. The van der Waals surface area contributed by atoms with Crippen LogP contribution in [0.3, 0.4) is 0 Å². The SMILES string of the molecule is CC1CC2CC(C)C(NC(=O)c3cnc(-c4cn(C5CCC(F)(F)CC5)c5ccc(OC6CCC(n7cccn7)CC6)cc45)nc3C(F)(F)F)(C(=O)O)C(C1)C2. The summed E-state index contributed by atoms with van der Waals surface area (Å²) in [7, 11) is 0. The third-order valence-corrected chi connectivity index (χ3v) is 13.1. The van der Waals surface area contributed by atoms with Gasteiger partial charge in [-0.2, -0.15) is 18.3 Å². The summed E-state index contributed by atoms with van der Waals surface area (Å²) in [5, 5.41) is 18.0. The summed E-state index contributed by atoms with van der Waals surface area (Å²) in [6.07, 6.45) is 6.51. The van der Waals surface area contributed by atoms with E-state index in [0.717, 1.165) is 38.3 Å². The maximum atomic E-state index is 14.9. The molecule has 3 aromatic heterocycles. The van der Waals surface area contributed by atoms with Crippen molar-refractivity contribution in [2.45, 2.75) is 127 Å². The molecule has 15 heteroatoms. The van der Waals surface area contributed by atoms with Crippen molar-refractivity contribution < 1.29 is 41.4 Å². The van der Waals surface area contributed by atoms with E-state index >= 15 is 0 Å². The Hall–Kier alpha value is -4.56. The summed E-state index contributed by atoms with van der Waals surface area (Å²) >= 11 is 0. The Kier molecular flexibility index (Phi) is 9.87. The maximum absolute atomic E-state index is 14.9. The maximum Gasteiger partial charge on any atom is 0.434 e. The number of aliphatic carboxylic acids is 1. The highest BCUT2D eigenvalue weighted by atomic mass is 19.4. The average molecular weight is 783 g/mol. The number of carboxylic acid groups (broad SMARTS) is 1. The van der Waals surface area contributed by atoms with Gasteiger partial charge in [-0.25, -0.2) is 23.5 Å². The van der Waals surface area contributed by atoms with Gasteiger partial charge in [0.1, 0.15) is 11.3 Å². The number of benzene rings is 1. The number of halogens is 5. The van der Waals surface area contributed by atoms with Crippen LogP contribution in [0.1, 0.15) is 119 Å². The van der Waals surface area contributed by atoms with Crippen molar-refractivity contribution in [1.82, 2.24) is 29.6 Å². The number of aromatic nitrogens is 5. The summed E-state index contributed by atoms with van der Waals surface area (Å²) in [4.78, 5) is 35.1. The van der Waals surface area contributed by atoms with Gasteiger partial charge in [-0.1, -0.05) is 13.8 Å². The predicted octanol–water partition coefficient (Wildman–Crippen LogP) is 9.27. The second kappa shape index (κ2) is 14.4. The molecule has 300 valence electrons. The van der Waals surface area contributed by atoms with Crippen LogP contribution in [0.2, 0.25) is 0 Å². The second-order valence-corrected chi connectivity index (χ2v) is 16.8. The topological polar surface area (TPSA) is 124 Å². The number of carboxylic acids is 1. The van der Waals surface area contributed by atoms with Gasteiger partial charge in [-0.05, 0) is 112 Å². The summed E-state index contributed by atoms with van der Waals surface area (Å²) in [5.41, 5.74) is -3.26. The summed E-state index contributed by atoms with van der Waals surface area (Å²) in [5.74, 6) is -5.49. The lowest BCUT2D eigenvalue weighted by molar-refractivity contribution is -0.155. The molecule has 0 saturated heterocycles. The van der Waals surface area contributed by atoms with Crippen molar-refractivity contribution in [1.29, 1.82) is 0 Å². The van der Waals surface area contributed by atoms with Gasteiger partial charge in [0.25, 0.3) is 5.91 Å². The van der Waals surface area contributed by atoms with Crippen LogP contribution >= 0.6 is 0 Å². The largest absolute Gasteiger partial charge is 0.490 e. The molecule has 10 nitrogen and oxygen atoms in total. The monoisotopic (exact) mass is 782 g/mol. The molecule has 0 spiro atoms. The number of carbonyl (C=O) groups is 2. The van der Waals surface area contributed by atoms with E-state index in [4.69, 9.17) is 4.74 Å². The number of amides is 1. The van der Waals surface area contributed by atoms with Gasteiger partial charge in [0.15, 0.2) is 11.5 Å². The van der Waals surface area contributed by atoms with Gasteiger partial charge in [0.05, 0.1) is 17.7 Å². The molecule has 4 aliphatic rings. The standard InChI is InChI=1S/C41H47F5N6O4/c1-23-16-25-18-24(2)40(38(54)55,26(17-23)19-25)50-37(53)32-21-47-36(49-35(32)41(44,45)46)33-22-51(27-10-12-39(42,43)13-11-27)34-9-8-30(20-31(33)34)56-29-6-4-28(5-7-29)52-15-3-14-48-52/h3,8-9,14-15,20-29H,4-7,10-13,16-19H2,1-2H3,(H,50,53)(H,54,55). The van der Waals surface area contributed by atoms with Crippen LogP contribution in [0.15, 0.2) is 49.1 Å². The van der Waals surface area contributed by atoms with Gasteiger partial charge >= 0.3 is 12.1 Å². The normalized spacial score (nSPS) is 29.6. The molecule has 1 amide bonds. The first kappa shape index (κ1) is 38.3. The molecule has 4 aliphatic carbocycles. The number of ether oxygens (including phenoxy) is 1. The number of alkyl halides is 5. The first-order valence-electron chi connectivity index (χ1n) is 19.8. The summed E-state index contributed by atoms with van der Waals surface area (Å²) < 4.78 is 83.3. The molecular weight excluding hydrogens is 735 g/mol. The molecule has 0 radical (unpaired) electrons. The molecule has 4 aromatic rings. The second-order valence-electron chi connectivity index (χ2n) is 16.8. The highest BCUT2D eigenvalue weighted by molar-refractivity contribution is 6.00. The number of nitrogens with one attached hydrogen (secondary N) is 1. The Morgan fingerprint density at radius 2 is 1.73 bits per heavy atom. The van der Waals surface area contributed by atoms with Gasteiger partial charge < -0.3 is 19.7 Å². The molecule has 2 N–H and O–H groups in total. The van der Waals surface area contributed by atoms with Gasteiger partial charge in [-0.15, -0.1) is 0 Å². The third kappa shape index (κ3) is 7.14. The smallest absolute Gasteiger partial charge is 0.434 e. The van der Waals surface area contributed by atoms with E-state index in [9.17, 15) is 36.6 Å². The summed E-state index contributed by atoms with van der Waals surface area (Å²) in [6.45, 7) is 3.77. The molecule has 3 heterocycles. The van der Waals surface area contributed by atoms with Crippen LogP contribution in [0.4, 0.5) is 22.0 Å². The Labute approximate surface area is 321 Å². The Morgan fingerprint density at radius 1 is 0.982 bits per heavy atom. The first-order valence-corrected chi connectivity index (χ1v) is 19.8. The van der Waals surface area contributed by atoms with Crippen LogP contribution in [0.5, 0.6) is 5.75 Å². The zero-order chi connectivity index (χ0) is 39.6. The van der Waals surface area contributed by atoms with E-state index in [0.29, 0.717) is 35.9 Å². The van der Waals surface area contributed by atoms with E-state index < -0.39 is 52.6 Å². The lowest BCUT2D eigenvalue weighted by Crippen LogP contribution is -2.66. The predicted molar refractivity (Wildman–Crippen MR) is 196 cm³/mol. The number of hydrogen-bond donors (Lipinski definition) is 2. The molecule has 5 unspecified atom stereocenters. The Morgan fingerprint density at radius 3 is 2.41 bits per heavy atom. The third-order valence-electron chi connectivity index (χ3n) is 13.1. The minimum atomic E-state index is -5.10. The molecule has 0 aliphatic heterocycles. The molecule has 56 heavy (non-hydrogen) atoms. The van der Waals surface area contributed by atoms with Gasteiger partial charge in [-0.3, -0.25) is 9.48 Å². The molecule has 8 rings (SSSR count). The van der Waals surface area contributed by atoms with Crippen molar-refractivity contribution in [3.05, 3.63) is 60.3 Å². The van der Waals surface area contributed by atoms with E-state index in [2.05, 4.69) is 20.4 Å². The minimum absolute atomic E-state index is 0.0973. The zero-order valence-corrected chi connectivity index (χ0v) is 31.4.